The Bertz CT molecular complexity index is 167. The fraction of sp³-hybridized carbons (Fsp3) is 0.333. The first kappa shape index (κ1) is 8.50. The lowest BCUT2D eigenvalue weighted by Crippen LogP contribution is -2.41. The predicted molar refractivity (Wildman–Crippen MR) is 30.9 cm³/mol. The van der Waals surface area contributed by atoms with Gasteiger partial charge in [0.25, 0.3) is 0 Å². The van der Waals surface area contributed by atoms with Crippen molar-refractivity contribution in [1.82, 2.24) is 10.4 Å². The zero-order valence-corrected chi connectivity index (χ0v) is 5.20. The van der Waals surface area contributed by atoms with Crippen LogP contribution >= 0.6 is 0 Å². The van der Waals surface area contributed by atoms with Crippen molar-refractivity contribution in [2.75, 3.05) is 7.05 Å². The number of hydrogen-bond donors (Lipinski definition) is 2. The van der Waals surface area contributed by atoms with Crippen LogP contribution < -0.4 is 11.3 Å². The standard InChI is InChI=1S/C3H6N4O3/c1-7(6-10)3(9)2(8)5-4/h4H2,1H3,(H,5,8). The molecule has 0 aliphatic rings. The van der Waals surface area contributed by atoms with E-state index < -0.39 is 11.8 Å². The number of carbonyl (C=O) groups is 2. The third-order valence-electron chi connectivity index (χ3n) is 0.742. The van der Waals surface area contributed by atoms with Crippen LogP contribution in [0, 0.1) is 4.91 Å². The molecule has 0 saturated heterocycles. The predicted octanol–water partition coefficient (Wildman–Crippen LogP) is -1.88. The van der Waals surface area contributed by atoms with Crippen LogP contribution in [0.15, 0.2) is 5.29 Å². The third kappa shape index (κ3) is 1.78. The number of carbonyl (C=O) groups excluding carboxylic acids is 2. The van der Waals surface area contributed by atoms with Crippen LogP contribution in [0.3, 0.4) is 0 Å². The van der Waals surface area contributed by atoms with Gasteiger partial charge in [-0.1, -0.05) is 0 Å². The molecule has 0 saturated carbocycles. The summed E-state index contributed by atoms with van der Waals surface area (Å²) < 4.78 is 0. The number of rotatable bonds is 1. The smallest absolute Gasteiger partial charge is 0.286 e. The number of nitrogens with zero attached hydrogens (tertiary/aromatic N) is 2. The van der Waals surface area contributed by atoms with Crippen molar-refractivity contribution < 1.29 is 9.59 Å². The number of hydrazine groups is 1. The zero-order valence-electron chi connectivity index (χ0n) is 5.20. The quantitative estimate of drug-likeness (QED) is 0.148. The molecule has 0 aromatic rings. The minimum atomic E-state index is -1.10. The summed E-state index contributed by atoms with van der Waals surface area (Å²) in [4.78, 5) is 30.3. The van der Waals surface area contributed by atoms with Gasteiger partial charge in [-0.05, 0) is 0 Å². The first-order valence-electron chi connectivity index (χ1n) is 2.25. The minimum absolute atomic E-state index is 0.336. The van der Waals surface area contributed by atoms with E-state index in [2.05, 4.69) is 11.1 Å². The lowest BCUT2D eigenvalue weighted by Gasteiger charge is -2.02. The SMILES string of the molecule is CN(N=O)C(=O)C(=O)NN. The van der Waals surface area contributed by atoms with E-state index in [0.717, 1.165) is 7.05 Å². The molecule has 2 amide bonds. The van der Waals surface area contributed by atoms with Gasteiger partial charge in [0, 0.05) is 7.05 Å². The molecule has 0 radical (unpaired) electrons. The molecule has 0 spiro atoms. The summed E-state index contributed by atoms with van der Waals surface area (Å²) >= 11 is 0. The topological polar surface area (TPSA) is 105 Å². The van der Waals surface area contributed by atoms with Gasteiger partial charge in [0.05, 0.1) is 5.29 Å². The second-order valence-corrected chi connectivity index (χ2v) is 1.38. The van der Waals surface area contributed by atoms with E-state index in [1.165, 1.54) is 0 Å². The molecule has 0 fully saturated rings. The van der Waals surface area contributed by atoms with E-state index in [9.17, 15) is 14.5 Å². The number of nitrogens with one attached hydrogen (secondary N) is 1. The number of hydrogen-bond acceptors (Lipinski definition) is 5. The van der Waals surface area contributed by atoms with Gasteiger partial charge in [-0.3, -0.25) is 15.0 Å². The van der Waals surface area contributed by atoms with Gasteiger partial charge in [0.1, 0.15) is 0 Å². The van der Waals surface area contributed by atoms with E-state index in [-0.39, 0.29) is 0 Å². The molecule has 3 N–H and O–H groups in total. The van der Waals surface area contributed by atoms with Crippen molar-refractivity contribution in [3.63, 3.8) is 0 Å². The summed E-state index contributed by atoms with van der Waals surface area (Å²) in [5.74, 6) is 2.39. The van der Waals surface area contributed by atoms with Crippen LogP contribution in [0.1, 0.15) is 0 Å². The Morgan fingerprint density at radius 1 is 1.60 bits per heavy atom. The Hall–Kier alpha value is -1.50. The average molecular weight is 146 g/mol. The highest BCUT2D eigenvalue weighted by molar-refractivity contribution is 6.34. The molecule has 10 heavy (non-hydrogen) atoms. The molecule has 0 atom stereocenters. The van der Waals surface area contributed by atoms with Crippen LogP contribution in [0.2, 0.25) is 0 Å². The van der Waals surface area contributed by atoms with Crippen molar-refractivity contribution in [3.8, 4) is 0 Å². The summed E-state index contributed by atoms with van der Waals surface area (Å²) in [5.41, 5.74) is 1.55. The second kappa shape index (κ2) is 3.51. The molecule has 0 aromatic heterocycles. The molecule has 7 heteroatoms. The first-order valence-corrected chi connectivity index (χ1v) is 2.25. The Balaban J connectivity index is 4.07. The Kier molecular flexibility index (Phi) is 2.98. The van der Waals surface area contributed by atoms with Crippen molar-refractivity contribution in [2.45, 2.75) is 0 Å². The maximum absolute atomic E-state index is 10.4. The molecule has 0 rings (SSSR count). The average Bonchev–Trinajstić information content (AvgIpc) is 2.00. The van der Waals surface area contributed by atoms with Gasteiger partial charge in [-0.15, -0.1) is 4.91 Å². The molecule has 56 valence electrons. The molecular formula is C3H6N4O3. The lowest BCUT2D eigenvalue weighted by molar-refractivity contribution is -0.145. The van der Waals surface area contributed by atoms with Crippen LogP contribution in [-0.2, 0) is 9.59 Å². The normalized spacial score (nSPS) is 8.20. The van der Waals surface area contributed by atoms with Gasteiger partial charge < -0.3 is 0 Å². The molecule has 0 aliphatic heterocycles. The van der Waals surface area contributed by atoms with E-state index in [1.54, 1.807) is 5.43 Å². The Morgan fingerprint density at radius 2 is 2.10 bits per heavy atom. The Labute approximate surface area is 56.1 Å². The van der Waals surface area contributed by atoms with Crippen LogP contribution in [0.4, 0.5) is 0 Å². The van der Waals surface area contributed by atoms with Gasteiger partial charge in [-0.2, -0.15) is 5.01 Å². The van der Waals surface area contributed by atoms with Gasteiger partial charge in [-0.25, -0.2) is 5.84 Å². The summed E-state index contributed by atoms with van der Waals surface area (Å²) in [6.45, 7) is 0. The van der Waals surface area contributed by atoms with Crippen molar-refractivity contribution in [1.29, 1.82) is 0 Å². The summed E-state index contributed by atoms with van der Waals surface area (Å²) in [5, 5.41) is 2.51. The molecule has 0 unspecified atom stereocenters. The number of likely N-dealkylation sites (N-methyl/N-ethyl adjacent to an activating group) is 1. The number of nitrogens with two attached hydrogens (primary N) is 1. The second-order valence-electron chi connectivity index (χ2n) is 1.38. The maximum Gasteiger partial charge on any atom is 0.335 e. The highest BCUT2D eigenvalue weighted by atomic mass is 16.3. The maximum atomic E-state index is 10.4. The molecule has 0 heterocycles. The number of amides is 2. The monoisotopic (exact) mass is 146 g/mol. The summed E-state index contributed by atoms with van der Waals surface area (Å²) in [6, 6.07) is 0. The van der Waals surface area contributed by atoms with E-state index in [4.69, 9.17) is 0 Å². The molecule has 0 bridgehead atoms. The van der Waals surface area contributed by atoms with Crippen LogP contribution in [-0.4, -0.2) is 23.9 Å². The van der Waals surface area contributed by atoms with Crippen molar-refractivity contribution in [2.24, 2.45) is 11.1 Å². The largest absolute Gasteiger partial charge is 0.335 e. The fourth-order valence-corrected chi connectivity index (χ4v) is 0.246. The molecule has 0 aromatic carbocycles. The number of nitroso groups, excluding NO2 is 1. The van der Waals surface area contributed by atoms with Gasteiger partial charge >= 0.3 is 11.8 Å². The minimum Gasteiger partial charge on any atom is -0.286 e. The molecule has 7 nitrogen and oxygen atoms in total. The van der Waals surface area contributed by atoms with Crippen LogP contribution in [0.25, 0.3) is 0 Å². The van der Waals surface area contributed by atoms with Crippen LogP contribution in [0.5, 0.6) is 0 Å². The fourth-order valence-electron chi connectivity index (χ4n) is 0.246. The zero-order chi connectivity index (χ0) is 8.15. The molecule has 0 aliphatic carbocycles. The van der Waals surface area contributed by atoms with E-state index >= 15 is 0 Å². The van der Waals surface area contributed by atoms with E-state index in [1.807, 2.05) is 0 Å². The summed E-state index contributed by atoms with van der Waals surface area (Å²) in [7, 11) is 1.05. The third-order valence-corrected chi connectivity index (χ3v) is 0.742. The highest BCUT2D eigenvalue weighted by Crippen LogP contribution is 1.82. The van der Waals surface area contributed by atoms with E-state index in [0.29, 0.717) is 5.01 Å². The Morgan fingerprint density at radius 3 is 2.40 bits per heavy atom. The van der Waals surface area contributed by atoms with Gasteiger partial charge in [0.15, 0.2) is 0 Å². The first-order chi connectivity index (χ1) is 4.63. The van der Waals surface area contributed by atoms with Crippen molar-refractivity contribution in [3.05, 3.63) is 4.91 Å². The lowest BCUT2D eigenvalue weighted by atomic mass is 10.6. The van der Waals surface area contributed by atoms with Crippen molar-refractivity contribution >= 4 is 11.8 Å². The highest BCUT2D eigenvalue weighted by Gasteiger charge is 2.17. The summed E-state index contributed by atoms with van der Waals surface area (Å²) in [6.07, 6.45) is 0. The van der Waals surface area contributed by atoms with Gasteiger partial charge in [0.2, 0.25) is 0 Å². The molecular weight excluding hydrogens is 140 g/mol.